The summed E-state index contributed by atoms with van der Waals surface area (Å²) in [6.45, 7) is 10.5. The van der Waals surface area contributed by atoms with Crippen molar-refractivity contribution in [3.63, 3.8) is 0 Å². The fourth-order valence-corrected chi connectivity index (χ4v) is 13.0. The van der Waals surface area contributed by atoms with Crippen LogP contribution in [0.1, 0.15) is 27.7 Å². The average Bonchev–Trinajstić information content (AvgIpc) is 3.33. The number of benzene rings is 8. The zero-order chi connectivity index (χ0) is 43.0. The highest BCUT2D eigenvalue weighted by molar-refractivity contribution is 8.01. The molecule has 0 aromatic heterocycles. The molecule has 312 valence electrons. The molecular weight excluding hydrogens is 778 g/mol. The van der Waals surface area contributed by atoms with Gasteiger partial charge in [0.05, 0.1) is 26.4 Å². The summed E-state index contributed by atoms with van der Waals surface area (Å²) in [5.41, 5.74) is 4.78. The van der Waals surface area contributed by atoms with Crippen LogP contribution in [0.2, 0.25) is 0 Å². The Bertz CT molecular complexity index is 2150. The Hall–Kier alpha value is -6.55. The Balaban J connectivity index is 0.000000200. The maximum Gasteiger partial charge on any atom is 0.144 e. The van der Waals surface area contributed by atoms with E-state index in [4.69, 9.17) is 18.9 Å². The average molecular weight is 835 g/mol. The van der Waals surface area contributed by atoms with E-state index in [1.54, 1.807) is 0 Å². The van der Waals surface area contributed by atoms with Gasteiger partial charge in [0.1, 0.15) is 57.6 Å². The zero-order valence-electron chi connectivity index (χ0n) is 36.3. The number of rotatable bonds is 16. The van der Waals surface area contributed by atoms with Gasteiger partial charge in [-0.3, -0.25) is 0 Å². The number of hydrogen-bond donors (Lipinski definition) is 0. The quantitative estimate of drug-likeness (QED) is 0.0720. The topological polar surface area (TPSA) is 36.9 Å². The lowest BCUT2D eigenvalue weighted by molar-refractivity contribution is 0.340. The third kappa shape index (κ3) is 9.35. The van der Waals surface area contributed by atoms with E-state index in [2.05, 4.69) is 218 Å². The molecular formula is C56H56BO4P. The summed E-state index contributed by atoms with van der Waals surface area (Å²) in [4.78, 5) is 0. The van der Waals surface area contributed by atoms with E-state index in [-0.39, 0.29) is 0 Å². The molecule has 62 heavy (non-hydrogen) atoms. The SMILES string of the molecule is CCOc1ccc([B-](c2ccc(OCC)cc2)(c2ccc(OCC)cc2)c2ccc(OCC)cc2)cc1.c1ccc([P+](c2ccccc2)(c2ccccc2)c2ccccc2)cc1. The molecule has 0 amide bonds. The molecule has 0 fully saturated rings. The summed E-state index contributed by atoms with van der Waals surface area (Å²) in [5.74, 6) is 3.45. The van der Waals surface area contributed by atoms with Crippen molar-refractivity contribution in [2.24, 2.45) is 0 Å². The first kappa shape index (κ1) is 43.5. The molecule has 0 atom stereocenters. The molecule has 0 spiro atoms. The smallest absolute Gasteiger partial charge is 0.144 e. The molecule has 0 saturated carbocycles. The van der Waals surface area contributed by atoms with Crippen LogP contribution in [0.15, 0.2) is 218 Å². The van der Waals surface area contributed by atoms with Gasteiger partial charge in [-0.25, -0.2) is 0 Å². The highest BCUT2D eigenvalue weighted by atomic mass is 31.2. The van der Waals surface area contributed by atoms with Gasteiger partial charge < -0.3 is 18.9 Å². The first-order chi connectivity index (χ1) is 30.6. The second-order valence-electron chi connectivity index (χ2n) is 14.9. The Labute approximate surface area is 369 Å². The monoisotopic (exact) mass is 834 g/mol. The van der Waals surface area contributed by atoms with Gasteiger partial charge in [-0.05, 0) is 125 Å². The van der Waals surface area contributed by atoms with Gasteiger partial charge in [0.15, 0.2) is 0 Å². The lowest BCUT2D eigenvalue weighted by atomic mass is 9.13. The number of ether oxygens (including phenoxy) is 4. The van der Waals surface area contributed by atoms with Gasteiger partial charge in [-0.15, -0.1) is 0 Å². The van der Waals surface area contributed by atoms with Gasteiger partial charge in [-0.2, -0.15) is 21.9 Å². The molecule has 0 heterocycles. The fraction of sp³-hybridized carbons (Fsp3) is 0.143. The van der Waals surface area contributed by atoms with Crippen LogP contribution in [0.4, 0.5) is 0 Å². The van der Waals surface area contributed by atoms with E-state index >= 15 is 0 Å². The minimum absolute atomic E-state index is 0.631. The predicted octanol–water partition coefficient (Wildman–Crippen LogP) is 8.96. The zero-order valence-corrected chi connectivity index (χ0v) is 37.2. The maximum atomic E-state index is 5.78. The summed E-state index contributed by atoms with van der Waals surface area (Å²) >= 11 is 0. The summed E-state index contributed by atoms with van der Waals surface area (Å²) in [6, 6.07) is 77.8. The van der Waals surface area contributed by atoms with Crippen LogP contribution in [0.3, 0.4) is 0 Å². The normalized spacial score (nSPS) is 11.2. The van der Waals surface area contributed by atoms with Crippen LogP contribution in [-0.4, -0.2) is 32.6 Å². The molecule has 0 aliphatic heterocycles. The second-order valence-corrected chi connectivity index (χ2v) is 18.3. The Morgan fingerprint density at radius 2 is 0.468 bits per heavy atom. The van der Waals surface area contributed by atoms with Gasteiger partial charge in [0.25, 0.3) is 0 Å². The third-order valence-corrected chi connectivity index (χ3v) is 15.6. The van der Waals surface area contributed by atoms with Gasteiger partial charge in [-0.1, -0.05) is 121 Å². The Morgan fingerprint density at radius 3 is 0.645 bits per heavy atom. The first-order valence-corrected chi connectivity index (χ1v) is 23.6. The van der Waals surface area contributed by atoms with Crippen molar-refractivity contribution in [3.8, 4) is 23.0 Å². The van der Waals surface area contributed by atoms with Crippen LogP contribution < -0.4 is 62.0 Å². The van der Waals surface area contributed by atoms with Crippen molar-refractivity contribution in [2.45, 2.75) is 27.7 Å². The molecule has 0 unspecified atom stereocenters. The van der Waals surface area contributed by atoms with Gasteiger partial charge in [0, 0.05) is 0 Å². The molecule has 0 N–H and O–H groups in total. The largest absolute Gasteiger partial charge is 0.494 e. The highest BCUT2D eigenvalue weighted by Gasteiger charge is 2.47. The van der Waals surface area contributed by atoms with Crippen LogP contribution in [0.25, 0.3) is 0 Å². The molecule has 8 rings (SSSR count). The highest BCUT2D eigenvalue weighted by Crippen LogP contribution is 2.54. The molecule has 6 heteroatoms. The molecule has 8 aromatic rings. The molecule has 0 bridgehead atoms. The van der Waals surface area contributed by atoms with Crippen molar-refractivity contribution in [1.82, 2.24) is 0 Å². The van der Waals surface area contributed by atoms with E-state index in [0.717, 1.165) is 23.0 Å². The molecule has 0 saturated heterocycles. The first-order valence-electron chi connectivity index (χ1n) is 21.8. The maximum absolute atomic E-state index is 5.78. The van der Waals surface area contributed by atoms with E-state index in [0.29, 0.717) is 26.4 Å². The van der Waals surface area contributed by atoms with Crippen LogP contribution >= 0.6 is 7.26 Å². The number of hydrogen-bond acceptors (Lipinski definition) is 4. The van der Waals surface area contributed by atoms with Crippen LogP contribution in [0, 0.1) is 0 Å². The molecule has 0 aliphatic rings. The van der Waals surface area contributed by atoms with Crippen molar-refractivity contribution in [1.29, 1.82) is 0 Å². The van der Waals surface area contributed by atoms with Crippen molar-refractivity contribution < 1.29 is 18.9 Å². The van der Waals surface area contributed by atoms with Gasteiger partial charge >= 0.3 is 0 Å². The minimum Gasteiger partial charge on any atom is -0.494 e. The Morgan fingerprint density at radius 1 is 0.274 bits per heavy atom. The van der Waals surface area contributed by atoms with E-state index in [9.17, 15) is 0 Å². The van der Waals surface area contributed by atoms with Crippen LogP contribution in [0.5, 0.6) is 23.0 Å². The lowest BCUT2D eigenvalue weighted by Crippen LogP contribution is -2.74. The van der Waals surface area contributed by atoms with Crippen molar-refractivity contribution in [2.75, 3.05) is 26.4 Å². The van der Waals surface area contributed by atoms with E-state index in [1.807, 2.05) is 27.7 Å². The predicted molar refractivity (Wildman–Crippen MR) is 266 cm³/mol. The standard InChI is InChI=1S/C32H36BO4.C24H20P/c1-5-34-29-17-9-25(10-18-29)33(26-11-19-30(20-12-26)35-6-2,27-13-21-31(22-14-27)36-7-3)28-15-23-32(24-16-28)37-8-4;1-5-13-21(14-6-1)25(22-15-7-2-8-16-22,23-17-9-3-10-18-23)24-19-11-4-12-20-24/h9-24H,5-8H2,1-4H3;1-20H/q-1;+1. The summed E-state index contributed by atoms with van der Waals surface area (Å²) in [5, 5.41) is 5.55. The van der Waals surface area contributed by atoms with Gasteiger partial charge in [0.2, 0.25) is 0 Å². The van der Waals surface area contributed by atoms with Crippen LogP contribution in [-0.2, 0) is 0 Å². The third-order valence-electron chi connectivity index (χ3n) is 11.3. The van der Waals surface area contributed by atoms with E-state index in [1.165, 1.54) is 43.1 Å². The minimum atomic E-state index is -1.91. The van der Waals surface area contributed by atoms with E-state index < -0.39 is 13.4 Å². The summed E-state index contributed by atoms with van der Waals surface area (Å²) < 4.78 is 23.1. The Kier molecular flexibility index (Phi) is 15.0. The second kappa shape index (κ2) is 21.3. The lowest BCUT2D eigenvalue weighted by Gasteiger charge is -2.44. The summed E-state index contributed by atoms with van der Waals surface area (Å²) in [7, 11) is -1.91. The molecule has 0 aliphatic carbocycles. The fourth-order valence-electron chi connectivity index (χ4n) is 8.73. The van der Waals surface area contributed by atoms with Crippen molar-refractivity contribution >= 4 is 56.5 Å². The summed E-state index contributed by atoms with van der Waals surface area (Å²) in [6.07, 6.45) is -1.54. The van der Waals surface area contributed by atoms with Crippen molar-refractivity contribution in [3.05, 3.63) is 218 Å². The molecule has 8 aromatic carbocycles. The molecule has 0 radical (unpaired) electrons. The molecule has 4 nitrogen and oxygen atoms in total.